The molecule has 0 radical (unpaired) electrons. The molecule has 1 aliphatic heterocycles. The Labute approximate surface area is 91.4 Å². The van der Waals surface area contributed by atoms with Crippen LogP contribution >= 0.6 is 0 Å². The van der Waals surface area contributed by atoms with Crippen molar-refractivity contribution >= 4 is 5.97 Å². The first-order valence-electron chi connectivity index (χ1n) is 5.74. The molecule has 4 nitrogen and oxygen atoms in total. The lowest BCUT2D eigenvalue weighted by molar-refractivity contribution is -0.145. The zero-order valence-corrected chi connectivity index (χ0v) is 9.65. The van der Waals surface area contributed by atoms with Gasteiger partial charge in [0, 0.05) is 6.04 Å². The number of carbonyl (C=O) groups is 1. The molecular weight excluding hydrogens is 192 g/mol. The van der Waals surface area contributed by atoms with Gasteiger partial charge in [0.2, 0.25) is 0 Å². The quantitative estimate of drug-likeness (QED) is 0.730. The monoisotopic (exact) mass is 214 g/mol. The third-order valence-electron chi connectivity index (χ3n) is 3.32. The summed E-state index contributed by atoms with van der Waals surface area (Å²) in [5.74, 6) is -0.0228. The van der Waals surface area contributed by atoms with Gasteiger partial charge in [0.25, 0.3) is 0 Å². The number of aliphatic carboxylic acids is 1. The second kappa shape index (κ2) is 5.47. The Morgan fingerprint density at radius 2 is 2.27 bits per heavy atom. The lowest BCUT2D eigenvalue weighted by atomic mass is 9.91. The summed E-state index contributed by atoms with van der Waals surface area (Å²) in [6.45, 7) is 5.67. The molecule has 0 spiro atoms. The highest BCUT2D eigenvalue weighted by atomic mass is 16.4. The first kappa shape index (κ1) is 12.5. The molecule has 1 rings (SSSR count). The minimum Gasteiger partial charge on any atom is -0.480 e. The summed E-state index contributed by atoms with van der Waals surface area (Å²) < 4.78 is 0. The average Bonchev–Trinajstić information content (AvgIpc) is 2.15. The van der Waals surface area contributed by atoms with Crippen molar-refractivity contribution in [3.05, 3.63) is 0 Å². The first-order chi connectivity index (χ1) is 7.06. The summed E-state index contributed by atoms with van der Waals surface area (Å²) in [5, 5.41) is 9.14. The van der Waals surface area contributed by atoms with E-state index in [1.165, 1.54) is 0 Å². The van der Waals surface area contributed by atoms with Crippen LogP contribution in [0.4, 0.5) is 0 Å². The van der Waals surface area contributed by atoms with Gasteiger partial charge in [0.05, 0.1) is 0 Å². The fraction of sp³-hybridized carbons (Fsp3) is 0.909. The zero-order valence-electron chi connectivity index (χ0n) is 9.65. The number of carboxylic acid groups (broad SMARTS) is 1. The van der Waals surface area contributed by atoms with Crippen molar-refractivity contribution in [1.29, 1.82) is 0 Å². The molecule has 1 saturated heterocycles. The van der Waals surface area contributed by atoms with Gasteiger partial charge in [-0.05, 0) is 45.2 Å². The molecule has 88 valence electrons. The number of likely N-dealkylation sites (tertiary alicyclic amines) is 1. The van der Waals surface area contributed by atoms with Crippen LogP contribution in [-0.4, -0.2) is 41.1 Å². The predicted molar refractivity (Wildman–Crippen MR) is 59.7 cm³/mol. The standard InChI is InChI=1S/C11H22N2O2/c1-8-4-6-13(9(2)7-8)10(3-5-12)11(14)15/h8-10H,3-7,12H2,1-2H3,(H,14,15). The zero-order chi connectivity index (χ0) is 11.4. The maximum absolute atomic E-state index is 11.1. The number of nitrogens with two attached hydrogens (primary N) is 1. The molecule has 3 unspecified atom stereocenters. The highest BCUT2D eigenvalue weighted by molar-refractivity contribution is 5.73. The number of hydrogen-bond donors (Lipinski definition) is 2. The molecule has 1 aliphatic rings. The second-order valence-electron chi connectivity index (χ2n) is 4.65. The minimum absolute atomic E-state index is 0.362. The molecule has 15 heavy (non-hydrogen) atoms. The maximum Gasteiger partial charge on any atom is 0.320 e. The summed E-state index contributed by atoms with van der Waals surface area (Å²) in [6.07, 6.45) is 2.74. The van der Waals surface area contributed by atoms with E-state index in [0.717, 1.165) is 19.4 Å². The van der Waals surface area contributed by atoms with Crippen molar-refractivity contribution < 1.29 is 9.90 Å². The Kier molecular flexibility index (Phi) is 4.54. The van der Waals surface area contributed by atoms with Crippen LogP contribution in [-0.2, 0) is 4.79 Å². The number of hydrogen-bond acceptors (Lipinski definition) is 3. The van der Waals surface area contributed by atoms with Crippen LogP contribution in [0.5, 0.6) is 0 Å². The van der Waals surface area contributed by atoms with Crippen LogP contribution in [0.15, 0.2) is 0 Å². The van der Waals surface area contributed by atoms with Crippen LogP contribution in [0.3, 0.4) is 0 Å². The summed E-state index contributed by atoms with van der Waals surface area (Å²) in [5.41, 5.74) is 5.46. The Balaban J connectivity index is 2.62. The van der Waals surface area contributed by atoms with Gasteiger partial charge in [-0.2, -0.15) is 0 Å². The van der Waals surface area contributed by atoms with E-state index in [9.17, 15) is 4.79 Å². The summed E-state index contributed by atoms with van der Waals surface area (Å²) >= 11 is 0. The Morgan fingerprint density at radius 1 is 1.60 bits per heavy atom. The van der Waals surface area contributed by atoms with E-state index in [1.807, 2.05) is 0 Å². The van der Waals surface area contributed by atoms with E-state index in [0.29, 0.717) is 24.9 Å². The van der Waals surface area contributed by atoms with Crippen LogP contribution in [0.25, 0.3) is 0 Å². The van der Waals surface area contributed by atoms with Gasteiger partial charge in [0.15, 0.2) is 0 Å². The molecule has 0 bridgehead atoms. The number of rotatable bonds is 4. The lowest BCUT2D eigenvalue weighted by Gasteiger charge is -2.40. The first-order valence-corrected chi connectivity index (χ1v) is 5.74. The van der Waals surface area contributed by atoms with Crippen LogP contribution in [0.2, 0.25) is 0 Å². The van der Waals surface area contributed by atoms with E-state index in [1.54, 1.807) is 0 Å². The fourth-order valence-electron chi connectivity index (χ4n) is 2.48. The molecule has 4 heteroatoms. The van der Waals surface area contributed by atoms with Crippen molar-refractivity contribution in [3.63, 3.8) is 0 Å². The van der Waals surface area contributed by atoms with Crippen molar-refractivity contribution in [1.82, 2.24) is 4.90 Å². The van der Waals surface area contributed by atoms with E-state index in [4.69, 9.17) is 10.8 Å². The molecule has 0 aromatic rings. The average molecular weight is 214 g/mol. The van der Waals surface area contributed by atoms with Gasteiger partial charge in [0.1, 0.15) is 6.04 Å². The normalized spacial score (nSPS) is 30.1. The molecule has 3 N–H and O–H groups in total. The van der Waals surface area contributed by atoms with E-state index < -0.39 is 12.0 Å². The fourth-order valence-corrected chi connectivity index (χ4v) is 2.48. The lowest BCUT2D eigenvalue weighted by Crippen LogP contribution is -2.50. The van der Waals surface area contributed by atoms with Gasteiger partial charge < -0.3 is 10.8 Å². The molecule has 0 amide bonds. The third kappa shape index (κ3) is 3.18. The van der Waals surface area contributed by atoms with Crippen LogP contribution in [0, 0.1) is 5.92 Å². The van der Waals surface area contributed by atoms with E-state index in [2.05, 4.69) is 18.7 Å². The molecule has 0 saturated carbocycles. The Hall–Kier alpha value is -0.610. The van der Waals surface area contributed by atoms with Gasteiger partial charge in [-0.3, -0.25) is 9.69 Å². The third-order valence-corrected chi connectivity index (χ3v) is 3.32. The molecule has 0 aromatic carbocycles. The number of carboxylic acids is 1. The SMILES string of the molecule is CC1CCN(C(CCN)C(=O)O)C(C)C1. The van der Waals surface area contributed by atoms with Crippen molar-refractivity contribution in [2.24, 2.45) is 11.7 Å². The van der Waals surface area contributed by atoms with Crippen molar-refractivity contribution in [3.8, 4) is 0 Å². The molecule has 1 heterocycles. The molecule has 3 atom stereocenters. The summed E-state index contributed by atoms with van der Waals surface area (Å²) in [6, 6.07) is -0.0288. The Bertz CT molecular complexity index is 221. The summed E-state index contributed by atoms with van der Waals surface area (Å²) in [4.78, 5) is 13.2. The molecule has 1 fully saturated rings. The van der Waals surface area contributed by atoms with E-state index in [-0.39, 0.29) is 0 Å². The van der Waals surface area contributed by atoms with Crippen molar-refractivity contribution in [2.75, 3.05) is 13.1 Å². The molecule has 0 aromatic heterocycles. The minimum atomic E-state index is -0.734. The van der Waals surface area contributed by atoms with Crippen LogP contribution in [0.1, 0.15) is 33.1 Å². The second-order valence-corrected chi connectivity index (χ2v) is 4.65. The van der Waals surface area contributed by atoms with E-state index >= 15 is 0 Å². The molecular formula is C11H22N2O2. The van der Waals surface area contributed by atoms with Gasteiger partial charge in [-0.15, -0.1) is 0 Å². The van der Waals surface area contributed by atoms with Gasteiger partial charge >= 0.3 is 5.97 Å². The largest absolute Gasteiger partial charge is 0.480 e. The van der Waals surface area contributed by atoms with Gasteiger partial charge in [-0.1, -0.05) is 6.92 Å². The van der Waals surface area contributed by atoms with Crippen LogP contribution < -0.4 is 5.73 Å². The number of piperidine rings is 1. The number of nitrogens with zero attached hydrogens (tertiary/aromatic N) is 1. The topological polar surface area (TPSA) is 66.6 Å². The van der Waals surface area contributed by atoms with Crippen molar-refractivity contribution in [2.45, 2.75) is 45.2 Å². The van der Waals surface area contributed by atoms with Gasteiger partial charge in [-0.25, -0.2) is 0 Å². The summed E-state index contributed by atoms with van der Waals surface area (Å²) in [7, 11) is 0. The smallest absolute Gasteiger partial charge is 0.320 e. The molecule has 0 aliphatic carbocycles. The predicted octanol–water partition coefficient (Wildman–Crippen LogP) is 0.909. The Morgan fingerprint density at radius 3 is 2.73 bits per heavy atom. The highest BCUT2D eigenvalue weighted by Crippen LogP contribution is 2.24. The maximum atomic E-state index is 11.1. The highest BCUT2D eigenvalue weighted by Gasteiger charge is 2.32.